The fourth-order valence-corrected chi connectivity index (χ4v) is 5.03. The summed E-state index contributed by atoms with van der Waals surface area (Å²) in [4.78, 5) is 13.5. The molecule has 8 nitrogen and oxygen atoms in total. The smallest absolute Gasteiger partial charge is 0.248 e. The first kappa shape index (κ1) is 26.4. The van der Waals surface area contributed by atoms with Crippen LogP contribution in [0.5, 0.6) is 5.88 Å². The lowest BCUT2D eigenvalue weighted by atomic mass is 9.84. The predicted octanol–water partition coefficient (Wildman–Crippen LogP) is 6.36. The Balaban J connectivity index is 1.55. The van der Waals surface area contributed by atoms with Gasteiger partial charge < -0.3 is 25.4 Å². The van der Waals surface area contributed by atoms with Gasteiger partial charge in [0.25, 0.3) is 0 Å². The largest absolute Gasteiger partial charge is 0.494 e. The number of halogens is 2. The predicted molar refractivity (Wildman–Crippen MR) is 143 cm³/mol. The number of nitrogens with zero attached hydrogens (tertiary/aromatic N) is 3. The molecule has 2 aromatic heterocycles. The van der Waals surface area contributed by atoms with Gasteiger partial charge >= 0.3 is 0 Å². The van der Waals surface area contributed by atoms with Crippen molar-refractivity contribution in [1.29, 1.82) is 0 Å². The minimum Gasteiger partial charge on any atom is -0.494 e. The third-order valence-corrected chi connectivity index (χ3v) is 7.14. The number of aromatic nitrogens is 3. The summed E-state index contributed by atoms with van der Waals surface area (Å²) in [5.74, 6) is 0.538. The maximum Gasteiger partial charge on any atom is 0.248 e. The Morgan fingerprint density at radius 3 is 2.58 bits per heavy atom. The van der Waals surface area contributed by atoms with E-state index in [0.717, 1.165) is 25.7 Å². The molecule has 0 aliphatic heterocycles. The van der Waals surface area contributed by atoms with Crippen LogP contribution >= 0.6 is 23.2 Å². The number of carbonyl (C=O) groups is 1. The number of hydrogen-bond donors (Lipinski definition) is 4. The Hall–Kier alpha value is -2.68. The van der Waals surface area contributed by atoms with Crippen LogP contribution in [0.1, 0.15) is 58.4 Å². The molecule has 0 radical (unpaired) electrons. The van der Waals surface area contributed by atoms with Crippen LogP contribution in [0.3, 0.4) is 0 Å². The van der Waals surface area contributed by atoms with Crippen molar-refractivity contribution < 1.29 is 15.0 Å². The Morgan fingerprint density at radius 1 is 1.14 bits per heavy atom. The van der Waals surface area contributed by atoms with Crippen LogP contribution in [-0.2, 0) is 11.3 Å². The Morgan fingerprint density at radius 2 is 1.89 bits per heavy atom. The highest BCUT2D eigenvalue weighted by molar-refractivity contribution is 6.42. The van der Waals surface area contributed by atoms with E-state index in [1.165, 1.54) is 6.42 Å². The molecule has 1 atom stereocenters. The molecule has 0 bridgehead atoms. The summed E-state index contributed by atoms with van der Waals surface area (Å²) in [5.41, 5.74) is 0.416. The average molecular weight is 534 g/mol. The van der Waals surface area contributed by atoms with Crippen LogP contribution in [0.25, 0.3) is 0 Å². The summed E-state index contributed by atoms with van der Waals surface area (Å²) >= 11 is 12.1. The topological polar surface area (TPSA) is 104 Å². The van der Waals surface area contributed by atoms with Gasteiger partial charge in [0.2, 0.25) is 5.91 Å². The summed E-state index contributed by atoms with van der Waals surface area (Å²) in [6.45, 7) is 3.70. The van der Waals surface area contributed by atoms with E-state index in [0.29, 0.717) is 46.1 Å². The van der Waals surface area contributed by atoms with Gasteiger partial charge in [-0.2, -0.15) is 5.10 Å². The van der Waals surface area contributed by atoms with Gasteiger partial charge in [-0.3, -0.25) is 9.48 Å². The second-order valence-corrected chi connectivity index (χ2v) is 11.0. The first-order valence-corrected chi connectivity index (χ1v) is 13.0. The molecule has 3 aromatic rings. The van der Waals surface area contributed by atoms with Crippen molar-refractivity contribution >= 4 is 46.3 Å². The molecule has 1 fully saturated rings. The van der Waals surface area contributed by atoms with Crippen LogP contribution in [0.4, 0.5) is 17.2 Å². The number of hydrogen-bond acceptors (Lipinski definition) is 5. The van der Waals surface area contributed by atoms with Gasteiger partial charge in [-0.05, 0) is 44.4 Å². The van der Waals surface area contributed by atoms with Gasteiger partial charge in [0.1, 0.15) is 6.04 Å². The van der Waals surface area contributed by atoms with Crippen molar-refractivity contribution in [1.82, 2.24) is 14.3 Å². The molecule has 4 rings (SSSR count). The molecular weight excluding hydrogens is 501 g/mol. The SMILES string of the molecule is CC(C)(O)Cn1ccc(NC(=O)[C@H](CC2CCCCC2)n2cc(Nc3ccc(Cl)c(Cl)c3)cc2O)n1. The molecule has 10 heteroatoms. The number of benzene rings is 1. The van der Waals surface area contributed by atoms with E-state index in [-0.39, 0.29) is 11.8 Å². The number of carbonyl (C=O) groups excluding carboxylic acids is 1. The van der Waals surface area contributed by atoms with E-state index in [1.807, 2.05) is 0 Å². The van der Waals surface area contributed by atoms with Crippen molar-refractivity contribution in [3.8, 4) is 5.88 Å². The molecule has 1 aliphatic carbocycles. The third kappa shape index (κ3) is 6.96. The minimum absolute atomic E-state index is 0.0129. The molecule has 1 aliphatic rings. The fourth-order valence-electron chi connectivity index (χ4n) is 4.73. The summed E-state index contributed by atoms with van der Waals surface area (Å²) < 4.78 is 3.20. The van der Waals surface area contributed by atoms with Gasteiger partial charge in [-0.25, -0.2) is 0 Å². The molecule has 2 heterocycles. The summed E-state index contributed by atoms with van der Waals surface area (Å²) in [6, 6.07) is 7.86. The lowest BCUT2D eigenvalue weighted by Crippen LogP contribution is -2.29. The van der Waals surface area contributed by atoms with E-state index >= 15 is 0 Å². The van der Waals surface area contributed by atoms with Crippen molar-refractivity contribution in [2.45, 2.75) is 70.6 Å². The second-order valence-electron chi connectivity index (χ2n) is 10.2. The lowest BCUT2D eigenvalue weighted by molar-refractivity contribution is -0.120. The van der Waals surface area contributed by atoms with Crippen molar-refractivity contribution in [2.75, 3.05) is 10.6 Å². The fraction of sp³-hybridized carbons (Fsp3) is 0.462. The lowest BCUT2D eigenvalue weighted by Gasteiger charge is -2.27. The second kappa shape index (κ2) is 11.2. The van der Waals surface area contributed by atoms with Crippen LogP contribution in [0.15, 0.2) is 42.7 Å². The van der Waals surface area contributed by atoms with E-state index in [1.54, 1.807) is 65.8 Å². The normalized spacial score (nSPS) is 15.6. The van der Waals surface area contributed by atoms with E-state index in [2.05, 4.69) is 15.7 Å². The highest BCUT2D eigenvalue weighted by Gasteiger charge is 2.28. The van der Waals surface area contributed by atoms with Crippen LogP contribution < -0.4 is 10.6 Å². The molecule has 1 saturated carbocycles. The molecule has 0 unspecified atom stereocenters. The van der Waals surface area contributed by atoms with Gasteiger partial charge in [-0.15, -0.1) is 0 Å². The highest BCUT2D eigenvalue weighted by atomic mass is 35.5. The highest BCUT2D eigenvalue weighted by Crippen LogP contribution is 2.36. The van der Waals surface area contributed by atoms with E-state index in [9.17, 15) is 15.0 Å². The standard InChI is InChI=1S/C26H33Cl2N5O3/c1-26(2,36)16-32-11-10-23(31-32)30-25(35)22(12-17-6-4-3-5-7-17)33-15-19(14-24(33)34)29-18-8-9-20(27)21(28)13-18/h8-11,13-15,17,22,29,34,36H,3-7,12,16H2,1-2H3,(H,30,31,35)/t22-/m0/s1. The average Bonchev–Trinajstić information content (AvgIpc) is 3.39. The zero-order valence-corrected chi connectivity index (χ0v) is 22.1. The van der Waals surface area contributed by atoms with Gasteiger partial charge in [0.05, 0.1) is 27.9 Å². The molecular formula is C26H33Cl2N5O3. The maximum absolute atomic E-state index is 13.5. The molecule has 0 spiro atoms. The number of aliphatic hydroxyl groups is 1. The molecule has 194 valence electrons. The van der Waals surface area contributed by atoms with Crippen molar-refractivity contribution in [3.05, 3.63) is 52.8 Å². The van der Waals surface area contributed by atoms with Crippen LogP contribution in [0.2, 0.25) is 10.0 Å². The van der Waals surface area contributed by atoms with Gasteiger partial charge in [-0.1, -0.05) is 55.3 Å². The van der Waals surface area contributed by atoms with Crippen molar-refractivity contribution in [2.24, 2.45) is 5.92 Å². The minimum atomic E-state index is -0.925. The van der Waals surface area contributed by atoms with Crippen molar-refractivity contribution in [3.63, 3.8) is 0 Å². The first-order chi connectivity index (χ1) is 17.1. The van der Waals surface area contributed by atoms with Gasteiger partial charge in [0, 0.05) is 30.2 Å². The zero-order chi connectivity index (χ0) is 25.9. The molecule has 0 saturated heterocycles. The number of nitrogens with one attached hydrogen (secondary N) is 2. The van der Waals surface area contributed by atoms with E-state index in [4.69, 9.17) is 23.2 Å². The maximum atomic E-state index is 13.5. The molecule has 36 heavy (non-hydrogen) atoms. The van der Waals surface area contributed by atoms with Gasteiger partial charge in [0.15, 0.2) is 11.7 Å². The number of aromatic hydroxyl groups is 1. The Kier molecular flexibility index (Phi) is 8.17. The monoisotopic (exact) mass is 533 g/mol. The molecule has 1 amide bonds. The Bertz CT molecular complexity index is 1190. The molecule has 1 aromatic carbocycles. The van der Waals surface area contributed by atoms with Crippen LogP contribution in [-0.4, -0.2) is 36.1 Å². The quantitative estimate of drug-likeness (QED) is 0.256. The zero-order valence-electron chi connectivity index (χ0n) is 20.5. The molecule has 4 N–H and O–H groups in total. The number of amides is 1. The summed E-state index contributed by atoms with van der Waals surface area (Å²) in [7, 11) is 0. The summed E-state index contributed by atoms with van der Waals surface area (Å²) in [6.07, 6.45) is 9.74. The number of rotatable bonds is 9. The third-order valence-electron chi connectivity index (χ3n) is 6.40. The number of anilines is 3. The van der Waals surface area contributed by atoms with Crippen LogP contribution in [0, 0.1) is 5.92 Å². The summed E-state index contributed by atoms with van der Waals surface area (Å²) in [5, 5.41) is 32.2. The van der Waals surface area contributed by atoms with E-state index < -0.39 is 11.6 Å². The first-order valence-electron chi connectivity index (χ1n) is 12.3. The Labute approximate surface area is 221 Å².